The fraction of sp³-hybridized carbons (Fsp3) is 0.500. The van der Waals surface area contributed by atoms with E-state index in [0.717, 1.165) is 5.69 Å². The zero-order valence-electron chi connectivity index (χ0n) is 14.2. The molecule has 0 radical (unpaired) electrons. The first kappa shape index (κ1) is 19.9. The minimum atomic E-state index is 0.0950. The summed E-state index contributed by atoms with van der Waals surface area (Å²) in [6.07, 6.45) is 0.707. The van der Waals surface area contributed by atoms with Crippen molar-refractivity contribution < 1.29 is 19.0 Å². The van der Waals surface area contributed by atoms with Crippen molar-refractivity contribution in [1.29, 1.82) is 0 Å². The van der Waals surface area contributed by atoms with E-state index in [-0.39, 0.29) is 12.5 Å². The number of benzene rings is 1. The van der Waals surface area contributed by atoms with Gasteiger partial charge in [-0.25, -0.2) is 5.84 Å². The molecule has 0 unspecified atom stereocenters. The Hall–Kier alpha value is -2.16. The molecule has 0 saturated carbocycles. The molecule has 8 nitrogen and oxygen atoms in total. The van der Waals surface area contributed by atoms with Crippen LogP contribution in [0.2, 0.25) is 0 Å². The molecule has 1 rings (SSSR count). The molecule has 0 bridgehead atoms. The maximum atomic E-state index is 10.0. The average Bonchev–Trinajstić information content (AvgIpc) is 2.58. The highest BCUT2D eigenvalue weighted by atomic mass is 16.5. The number of hydrogen-bond acceptors (Lipinski definition) is 7. The van der Waals surface area contributed by atoms with Crippen LogP contribution < -0.4 is 21.4 Å². The van der Waals surface area contributed by atoms with Crippen LogP contribution in [0.3, 0.4) is 0 Å². The lowest BCUT2D eigenvalue weighted by Gasteiger charge is -2.22. The van der Waals surface area contributed by atoms with Gasteiger partial charge in [0.15, 0.2) is 0 Å². The van der Waals surface area contributed by atoms with Crippen LogP contribution in [-0.4, -0.2) is 45.2 Å². The van der Waals surface area contributed by atoms with Crippen molar-refractivity contribution >= 4 is 17.8 Å². The molecule has 0 atom stereocenters. The normalized spacial score (nSPS) is 11.6. The lowest BCUT2D eigenvalue weighted by Crippen LogP contribution is -2.41. The predicted octanol–water partition coefficient (Wildman–Crippen LogP) is 0.906. The van der Waals surface area contributed by atoms with Gasteiger partial charge in [-0.1, -0.05) is 13.8 Å². The Morgan fingerprint density at radius 1 is 1.17 bits per heavy atom. The number of hydrazone groups is 1. The van der Waals surface area contributed by atoms with E-state index >= 15 is 0 Å². The van der Waals surface area contributed by atoms with E-state index in [1.54, 1.807) is 0 Å². The van der Waals surface area contributed by atoms with E-state index in [9.17, 15) is 4.79 Å². The van der Waals surface area contributed by atoms with E-state index in [2.05, 4.69) is 5.10 Å². The molecule has 0 spiro atoms. The van der Waals surface area contributed by atoms with Gasteiger partial charge in [0, 0.05) is 5.92 Å². The molecule has 134 valence electrons. The number of anilines is 1. The van der Waals surface area contributed by atoms with E-state index in [1.807, 2.05) is 38.1 Å². The van der Waals surface area contributed by atoms with E-state index in [0.29, 0.717) is 44.3 Å². The third-order valence-electron chi connectivity index (χ3n) is 3.06. The standard InChI is InChI=1S/C16H26N4O4/c1-13(2)16(19-17)20(18)14-3-5-15(6-4-14)24-12-11-23-10-9-22-8-7-21/h3-7,13H,8-12,17-18H2,1-2H3/b19-16-. The Morgan fingerprint density at radius 2 is 1.79 bits per heavy atom. The summed E-state index contributed by atoms with van der Waals surface area (Å²) >= 11 is 0. The molecule has 8 heteroatoms. The number of nitrogens with two attached hydrogens (primary N) is 2. The molecule has 0 aliphatic rings. The molecule has 0 aliphatic carbocycles. The van der Waals surface area contributed by atoms with Gasteiger partial charge < -0.3 is 24.8 Å². The number of hydrazine groups is 1. The highest BCUT2D eigenvalue weighted by Crippen LogP contribution is 2.19. The Labute approximate surface area is 142 Å². The molecule has 1 aromatic carbocycles. The van der Waals surface area contributed by atoms with Gasteiger partial charge in [0.1, 0.15) is 31.1 Å². The zero-order chi connectivity index (χ0) is 17.8. The quantitative estimate of drug-likeness (QED) is 0.154. The van der Waals surface area contributed by atoms with Crippen molar-refractivity contribution in [2.75, 3.05) is 38.0 Å². The molecule has 0 aliphatic heterocycles. The molecule has 4 N–H and O–H groups in total. The van der Waals surface area contributed by atoms with E-state index in [4.69, 9.17) is 25.9 Å². The van der Waals surface area contributed by atoms with Crippen molar-refractivity contribution in [3.8, 4) is 5.75 Å². The summed E-state index contributed by atoms with van der Waals surface area (Å²) < 4.78 is 15.8. The summed E-state index contributed by atoms with van der Waals surface area (Å²) in [6, 6.07) is 7.29. The van der Waals surface area contributed by atoms with Gasteiger partial charge in [0.25, 0.3) is 0 Å². The minimum absolute atomic E-state index is 0.0950. The molecule has 24 heavy (non-hydrogen) atoms. The summed E-state index contributed by atoms with van der Waals surface area (Å²) in [4.78, 5) is 10.0. The topological polar surface area (TPSA) is 112 Å². The monoisotopic (exact) mass is 338 g/mol. The van der Waals surface area contributed by atoms with Crippen LogP contribution in [0.25, 0.3) is 0 Å². The number of carbonyl (C=O) groups excluding carboxylic acids is 1. The van der Waals surface area contributed by atoms with Gasteiger partial charge >= 0.3 is 0 Å². The summed E-state index contributed by atoms with van der Waals surface area (Å²) in [6.45, 7) is 5.69. The second-order valence-electron chi connectivity index (χ2n) is 5.21. The summed E-state index contributed by atoms with van der Waals surface area (Å²) in [5.74, 6) is 12.8. The molecule has 0 amide bonds. The molecule has 1 aromatic rings. The van der Waals surface area contributed by atoms with Gasteiger partial charge in [0.2, 0.25) is 0 Å². The third kappa shape index (κ3) is 6.95. The maximum Gasteiger partial charge on any atom is 0.145 e. The fourth-order valence-electron chi connectivity index (χ4n) is 1.89. The van der Waals surface area contributed by atoms with Crippen LogP contribution in [0.5, 0.6) is 5.75 Å². The number of nitrogens with zero attached hydrogens (tertiary/aromatic N) is 2. The Balaban J connectivity index is 2.33. The highest BCUT2D eigenvalue weighted by molar-refractivity contribution is 5.97. The van der Waals surface area contributed by atoms with Crippen molar-refractivity contribution in [3.63, 3.8) is 0 Å². The van der Waals surface area contributed by atoms with Gasteiger partial charge in [0.05, 0.1) is 25.5 Å². The Bertz CT molecular complexity index is 505. The van der Waals surface area contributed by atoms with Gasteiger partial charge in [-0.05, 0) is 24.3 Å². The van der Waals surface area contributed by atoms with Gasteiger partial charge in [-0.2, -0.15) is 5.10 Å². The molecule has 0 saturated heterocycles. The van der Waals surface area contributed by atoms with Crippen LogP contribution in [0, 0.1) is 5.92 Å². The van der Waals surface area contributed by atoms with Crippen LogP contribution >= 0.6 is 0 Å². The van der Waals surface area contributed by atoms with Crippen LogP contribution in [0.15, 0.2) is 29.4 Å². The van der Waals surface area contributed by atoms with Gasteiger partial charge in [-0.15, -0.1) is 0 Å². The van der Waals surface area contributed by atoms with E-state index < -0.39 is 0 Å². The number of amidine groups is 1. The second-order valence-corrected chi connectivity index (χ2v) is 5.21. The number of hydrogen-bond donors (Lipinski definition) is 2. The van der Waals surface area contributed by atoms with Gasteiger partial charge in [-0.3, -0.25) is 5.01 Å². The van der Waals surface area contributed by atoms with Crippen molar-refractivity contribution in [2.45, 2.75) is 13.8 Å². The van der Waals surface area contributed by atoms with Crippen molar-refractivity contribution in [2.24, 2.45) is 22.7 Å². The summed E-state index contributed by atoms with van der Waals surface area (Å²) in [5.41, 5.74) is 0.767. The van der Waals surface area contributed by atoms with Crippen molar-refractivity contribution in [3.05, 3.63) is 24.3 Å². The number of aldehydes is 1. The van der Waals surface area contributed by atoms with E-state index in [1.165, 1.54) is 5.01 Å². The summed E-state index contributed by atoms with van der Waals surface area (Å²) in [5, 5.41) is 5.18. The fourth-order valence-corrected chi connectivity index (χ4v) is 1.89. The Kier molecular flexibility index (Phi) is 9.44. The smallest absolute Gasteiger partial charge is 0.145 e. The molecule has 0 heterocycles. The molecule has 0 fully saturated rings. The SMILES string of the molecule is CC(C)/C(=N/N)N(N)c1ccc(OCCOCCOCC=O)cc1. The molecular formula is C16H26N4O4. The van der Waals surface area contributed by atoms with Crippen LogP contribution in [-0.2, 0) is 14.3 Å². The minimum Gasteiger partial charge on any atom is -0.491 e. The first-order valence-corrected chi connectivity index (χ1v) is 7.74. The second kappa shape index (κ2) is 11.4. The molecule has 0 aromatic heterocycles. The number of rotatable bonds is 11. The first-order chi connectivity index (χ1) is 11.6. The third-order valence-corrected chi connectivity index (χ3v) is 3.06. The zero-order valence-corrected chi connectivity index (χ0v) is 14.2. The largest absolute Gasteiger partial charge is 0.491 e. The lowest BCUT2D eigenvalue weighted by molar-refractivity contribution is -0.112. The maximum absolute atomic E-state index is 10.0. The van der Waals surface area contributed by atoms with Crippen LogP contribution in [0.1, 0.15) is 13.8 Å². The average molecular weight is 338 g/mol. The first-order valence-electron chi connectivity index (χ1n) is 7.74. The number of carbonyl (C=O) groups is 1. The van der Waals surface area contributed by atoms with Crippen molar-refractivity contribution in [1.82, 2.24) is 0 Å². The number of ether oxygens (including phenoxy) is 3. The predicted molar refractivity (Wildman–Crippen MR) is 92.8 cm³/mol. The van der Waals surface area contributed by atoms with Crippen LogP contribution in [0.4, 0.5) is 5.69 Å². The summed E-state index contributed by atoms with van der Waals surface area (Å²) in [7, 11) is 0. The highest BCUT2D eigenvalue weighted by Gasteiger charge is 2.13. The Morgan fingerprint density at radius 3 is 2.38 bits per heavy atom. The lowest BCUT2D eigenvalue weighted by atomic mass is 10.2. The molecular weight excluding hydrogens is 312 g/mol.